The quantitative estimate of drug-likeness (QED) is 0.477. The van der Waals surface area contributed by atoms with Gasteiger partial charge in [0.25, 0.3) is 0 Å². The molecule has 0 amide bonds. The molecular weight excluding hydrogens is 181 g/mol. The third kappa shape index (κ3) is 2.42. The van der Waals surface area contributed by atoms with Crippen LogP contribution in [0.3, 0.4) is 0 Å². The first-order valence-corrected chi connectivity index (χ1v) is 4.96. The number of H-pyrrole nitrogens is 1. The second-order valence-corrected chi connectivity index (χ2v) is 4.28. The third-order valence-corrected chi connectivity index (χ3v) is 2.46. The van der Waals surface area contributed by atoms with Gasteiger partial charge in [-0.1, -0.05) is 0 Å². The fraction of sp³-hybridized carbons (Fsp3) is 0.400. The number of nitrogens with zero attached hydrogens (tertiary/aromatic N) is 1. The van der Waals surface area contributed by atoms with Crippen molar-refractivity contribution in [2.45, 2.75) is 12.2 Å². The highest BCUT2D eigenvalue weighted by molar-refractivity contribution is 7.52. The Labute approximate surface area is 69.0 Å². The van der Waals surface area contributed by atoms with Gasteiger partial charge >= 0.3 is 7.60 Å². The SMILES string of the molecule is NC(Cc1cnc[nH]1)P(=O)(O)O. The van der Waals surface area contributed by atoms with Crippen molar-refractivity contribution in [3.63, 3.8) is 0 Å². The summed E-state index contributed by atoms with van der Waals surface area (Å²) in [6, 6.07) is 0. The summed E-state index contributed by atoms with van der Waals surface area (Å²) in [5.74, 6) is -1.15. The molecule has 7 heteroatoms. The maximum Gasteiger partial charge on any atom is 0.342 e. The molecule has 1 unspecified atom stereocenters. The van der Waals surface area contributed by atoms with Gasteiger partial charge in [-0.25, -0.2) is 4.98 Å². The molecule has 1 aromatic rings. The van der Waals surface area contributed by atoms with Crippen molar-refractivity contribution in [3.05, 3.63) is 18.2 Å². The van der Waals surface area contributed by atoms with Gasteiger partial charge in [0.15, 0.2) is 0 Å². The van der Waals surface area contributed by atoms with Gasteiger partial charge in [-0.15, -0.1) is 0 Å². The van der Waals surface area contributed by atoms with E-state index in [0.29, 0.717) is 5.69 Å². The molecule has 0 aliphatic rings. The number of nitrogens with two attached hydrogens (primary N) is 1. The van der Waals surface area contributed by atoms with Crippen LogP contribution in [-0.4, -0.2) is 25.5 Å². The second-order valence-electron chi connectivity index (χ2n) is 2.44. The van der Waals surface area contributed by atoms with Crippen LogP contribution in [-0.2, 0) is 11.0 Å². The minimum Gasteiger partial charge on any atom is -0.348 e. The molecule has 0 aliphatic heterocycles. The van der Waals surface area contributed by atoms with E-state index >= 15 is 0 Å². The largest absolute Gasteiger partial charge is 0.348 e. The third-order valence-electron chi connectivity index (χ3n) is 1.42. The van der Waals surface area contributed by atoms with Crippen LogP contribution in [0.5, 0.6) is 0 Å². The Bertz CT molecular complexity index is 280. The Morgan fingerprint density at radius 2 is 2.42 bits per heavy atom. The molecule has 0 saturated heterocycles. The zero-order chi connectivity index (χ0) is 9.19. The van der Waals surface area contributed by atoms with Crippen molar-refractivity contribution >= 4 is 7.60 Å². The summed E-state index contributed by atoms with van der Waals surface area (Å²) < 4.78 is 10.6. The van der Waals surface area contributed by atoms with Crippen LogP contribution in [0.15, 0.2) is 12.5 Å². The molecule has 68 valence electrons. The smallest absolute Gasteiger partial charge is 0.342 e. The molecule has 0 bridgehead atoms. The van der Waals surface area contributed by atoms with Crippen LogP contribution < -0.4 is 5.73 Å². The Morgan fingerprint density at radius 3 is 2.83 bits per heavy atom. The zero-order valence-corrected chi connectivity index (χ0v) is 7.11. The van der Waals surface area contributed by atoms with E-state index in [4.69, 9.17) is 15.5 Å². The maximum absolute atomic E-state index is 10.6. The first-order valence-electron chi connectivity index (χ1n) is 3.28. The van der Waals surface area contributed by atoms with E-state index in [9.17, 15) is 4.57 Å². The van der Waals surface area contributed by atoms with Crippen molar-refractivity contribution in [3.8, 4) is 0 Å². The number of hydrogen-bond donors (Lipinski definition) is 4. The Kier molecular flexibility index (Phi) is 2.64. The summed E-state index contributed by atoms with van der Waals surface area (Å²) in [7, 11) is -4.17. The number of aromatic nitrogens is 2. The van der Waals surface area contributed by atoms with E-state index in [-0.39, 0.29) is 6.42 Å². The predicted molar refractivity (Wildman–Crippen MR) is 42.3 cm³/mol. The second kappa shape index (κ2) is 3.37. The highest BCUT2D eigenvalue weighted by Crippen LogP contribution is 2.39. The molecule has 1 atom stereocenters. The summed E-state index contributed by atoms with van der Waals surface area (Å²) in [5.41, 5.74) is 5.85. The number of rotatable bonds is 3. The number of aromatic amines is 1. The maximum atomic E-state index is 10.6. The summed E-state index contributed by atoms with van der Waals surface area (Å²) in [4.78, 5) is 23.7. The predicted octanol–water partition coefficient (Wildman–Crippen LogP) is -0.585. The molecule has 1 aromatic heterocycles. The molecule has 0 saturated carbocycles. The van der Waals surface area contributed by atoms with E-state index in [1.807, 2.05) is 0 Å². The number of hydrogen-bond acceptors (Lipinski definition) is 3. The topological polar surface area (TPSA) is 112 Å². The van der Waals surface area contributed by atoms with Gasteiger partial charge in [0.2, 0.25) is 0 Å². The van der Waals surface area contributed by atoms with Gasteiger partial charge in [0.05, 0.1) is 6.33 Å². The molecule has 0 aliphatic carbocycles. The summed E-state index contributed by atoms with van der Waals surface area (Å²) in [6.45, 7) is 0. The Balaban J connectivity index is 2.59. The number of nitrogens with one attached hydrogen (secondary N) is 1. The summed E-state index contributed by atoms with van der Waals surface area (Å²) in [5, 5.41) is 0. The van der Waals surface area contributed by atoms with Gasteiger partial charge in [0.1, 0.15) is 5.78 Å². The highest BCUT2D eigenvalue weighted by atomic mass is 31.2. The van der Waals surface area contributed by atoms with E-state index in [1.54, 1.807) is 0 Å². The van der Waals surface area contributed by atoms with Gasteiger partial charge in [-0.2, -0.15) is 0 Å². The molecular formula is C5H10N3O3P. The normalized spacial score (nSPS) is 14.6. The average molecular weight is 191 g/mol. The minimum absolute atomic E-state index is 0.101. The molecule has 0 fully saturated rings. The Morgan fingerprint density at radius 1 is 1.75 bits per heavy atom. The average Bonchev–Trinajstić information content (AvgIpc) is 2.37. The lowest BCUT2D eigenvalue weighted by Crippen LogP contribution is -2.22. The van der Waals surface area contributed by atoms with Gasteiger partial charge in [0, 0.05) is 18.3 Å². The molecule has 0 aromatic carbocycles. The summed E-state index contributed by atoms with van der Waals surface area (Å²) >= 11 is 0. The van der Waals surface area contributed by atoms with Crippen molar-refractivity contribution in [2.75, 3.05) is 0 Å². The van der Waals surface area contributed by atoms with Gasteiger partial charge < -0.3 is 20.5 Å². The molecule has 12 heavy (non-hydrogen) atoms. The van der Waals surface area contributed by atoms with Crippen molar-refractivity contribution < 1.29 is 14.4 Å². The lowest BCUT2D eigenvalue weighted by atomic mass is 10.3. The lowest BCUT2D eigenvalue weighted by Gasteiger charge is -2.11. The number of imidazole rings is 1. The zero-order valence-electron chi connectivity index (χ0n) is 6.21. The fourth-order valence-electron chi connectivity index (χ4n) is 0.741. The van der Waals surface area contributed by atoms with Crippen LogP contribution >= 0.6 is 7.60 Å². The van der Waals surface area contributed by atoms with Crippen LogP contribution in [0.1, 0.15) is 5.69 Å². The van der Waals surface area contributed by atoms with E-state index in [0.717, 1.165) is 0 Å². The van der Waals surface area contributed by atoms with Crippen molar-refractivity contribution in [1.29, 1.82) is 0 Å². The van der Waals surface area contributed by atoms with Gasteiger partial charge in [-0.05, 0) is 0 Å². The van der Waals surface area contributed by atoms with E-state index < -0.39 is 13.4 Å². The molecule has 0 radical (unpaired) electrons. The van der Waals surface area contributed by atoms with Crippen molar-refractivity contribution in [1.82, 2.24) is 9.97 Å². The minimum atomic E-state index is -4.17. The summed E-state index contributed by atoms with van der Waals surface area (Å²) in [6.07, 6.45) is 3.02. The molecule has 1 rings (SSSR count). The molecule has 6 nitrogen and oxygen atoms in total. The van der Waals surface area contributed by atoms with E-state index in [2.05, 4.69) is 9.97 Å². The monoisotopic (exact) mass is 191 g/mol. The first-order chi connectivity index (χ1) is 5.50. The first kappa shape index (κ1) is 9.41. The van der Waals surface area contributed by atoms with Crippen LogP contribution in [0.4, 0.5) is 0 Å². The Hall–Kier alpha value is -0.680. The molecule has 0 spiro atoms. The molecule has 5 N–H and O–H groups in total. The van der Waals surface area contributed by atoms with Crippen LogP contribution in [0.2, 0.25) is 0 Å². The highest BCUT2D eigenvalue weighted by Gasteiger charge is 2.24. The van der Waals surface area contributed by atoms with Crippen LogP contribution in [0, 0.1) is 0 Å². The van der Waals surface area contributed by atoms with Crippen LogP contribution in [0.25, 0.3) is 0 Å². The van der Waals surface area contributed by atoms with E-state index in [1.165, 1.54) is 12.5 Å². The lowest BCUT2D eigenvalue weighted by molar-refractivity contribution is 0.357. The standard InChI is InChI=1S/C5H10N3O3P/c6-5(12(9,10)11)1-4-2-7-3-8-4/h2-3,5H,1,6H2,(H,7,8)(H2,9,10,11). The van der Waals surface area contributed by atoms with Crippen molar-refractivity contribution in [2.24, 2.45) is 5.73 Å². The molecule has 1 heterocycles. The van der Waals surface area contributed by atoms with Gasteiger partial charge in [-0.3, -0.25) is 4.57 Å². The fourth-order valence-corrected chi connectivity index (χ4v) is 1.18.